The number of hydrogen-bond donors (Lipinski definition) is 2. The number of amides is 4. The summed E-state index contributed by atoms with van der Waals surface area (Å²) in [4.78, 5) is 38.1. The molecule has 31 heavy (non-hydrogen) atoms. The number of aromatic nitrogens is 2. The SMILES string of the molecule is CC1(c2cccc(C(N)=O)c2)NC(=O)N(Cc2nnc(-c3ccc(Cl)cc3Cl)o2)C1=O. The Morgan fingerprint density at radius 2 is 1.97 bits per heavy atom. The number of carbonyl (C=O) groups is 3. The van der Waals surface area contributed by atoms with Crippen molar-refractivity contribution in [1.29, 1.82) is 0 Å². The number of imide groups is 1. The molecule has 2 heterocycles. The average molecular weight is 460 g/mol. The first-order valence-electron chi connectivity index (χ1n) is 9.01. The summed E-state index contributed by atoms with van der Waals surface area (Å²) in [6.45, 7) is 1.30. The summed E-state index contributed by atoms with van der Waals surface area (Å²) in [7, 11) is 0. The van der Waals surface area contributed by atoms with Gasteiger partial charge in [-0.1, -0.05) is 35.3 Å². The van der Waals surface area contributed by atoms with Crippen LogP contribution in [-0.2, 0) is 16.9 Å². The van der Waals surface area contributed by atoms with Gasteiger partial charge < -0.3 is 15.5 Å². The highest BCUT2D eigenvalue weighted by Gasteiger charge is 2.49. The molecule has 1 atom stereocenters. The smallest absolute Gasteiger partial charge is 0.325 e. The van der Waals surface area contributed by atoms with Gasteiger partial charge in [-0.15, -0.1) is 10.2 Å². The van der Waals surface area contributed by atoms with Crippen molar-refractivity contribution in [2.24, 2.45) is 5.73 Å². The number of urea groups is 1. The van der Waals surface area contributed by atoms with E-state index in [2.05, 4.69) is 15.5 Å². The van der Waals surface area contributed by atoms with Crippen molar-refractivity contribution < 1.29 is 18.8 Å². The van der Waals surface area contributed by atoms with Crippen molar-refractivity contribution in [1.82, 2.24) is 20.4 Å². The van der Waals surface area contributed by atoms with Crippen LogP contribution in [0.3, 0.4) is 0 Å². The molecule has 2 aromatic carbocycles. The van der Waals surface area contributed by atoms with Gasteiger partial charge in [-0.3, -0.25) is 14.5 Å². The standard InChI is InChI=1S/C20H15Cl2N5O4/c1-20(11-4-2-3-10(7-11)16(23)28)18(29)27(19(30)24-20)9-15-25-26-17(31-15)13-6-5-12(21)8-14(13)22/h2-8H,9H2,1H3,(H2,23,28)(H,24,30). The molecule has 11 heteroatoms. The fourth-order valence-corrected chi connectivity index (χ4v) is 3.73. The van der Waals surface area contributed by atoms with E-state index in [1.54, 1.807) is 31.2 Å². The Kier molecular flexibility index (Phi) is 5.16. The second kappa shape index (κ2) is 7.68. The third-order valence-electron chi connectivity index (χ3n) is 4.92. The van der Waals surface area contributed by atoms with Gasteiger partial charge >= 0.3 is 6.03 Å². The van der Waals surface area contributed by atoms with E-state index in [4.69, 9.17) is 33.4 Å². The predicted molar refractivity (Wildman–Crippen MR) is 111 cm³/mol. The van der Waals surface area contributed by atoms with Crippen LogP contribution in [0.4, 0.5) is 4.79 Å². The molecule has 0 bridgehead atoms. The zero-order valence-electron chi connectivity index (χ0n) is 16.1. The van der Waals surface area contributed by atoms with Crippen LogP contribution in [0.1, 0.15) is 28.7 Å². The van der Waals surface area contributed by atoms with E-state index in [0.29, 0.717) is 21.2 Å². The maximum atomic E-state index is 13.1. The molecule has 9 nitrogen and oxygen atoms in total. The Bertz CT molecular complexity index is 1230. The second-order valence-corrected chi connectivity index (χ2v) is 7.86. The van der Waals surface area contributed by atoms with E-state index in [9.17, 15) is 14.4 Å². The van der Waals surface area contributed by atoms with Crippen LogP contribution < -0.4 is 11.1 Å². The summed E-state index contributed by atoms with van der Waals surface area (Å²) in [5.41, 5.74) is 5.05. The number of nitrogens with two attached hydrogens (primary N) is 1. The van der Waals surface area contributed by atoms with Gasteiger partial charge in [0.2, 0.25) is 17.7 Å². The molecule has 0 saturated carbocycles. The van der Waals surface area contributed by atoms with E-state index in [1.807, 2.05) is 0 Å². The van der Waals surface area contributed by atoms with Gasteiger partial charge in [0.1, 0.15) is 12.1 Å². The van der Waals surface area contributed by atoms with E-state index in [1.165, 1.54) is 18.2 Å². The largest absolute Gasteiger partial charge is 0.419 e. The van der Waals surface area contributed by atoms with Gasteiger partial charge in [0.15, 0.2) is 0 Å². The molecule has 0 aliphatic carbocycles. The molecule has 1 aliphatic rings. The summed E-state index contributed by atoms with van der Waals surface area (Å²) in [5, 5.41) is 11.2. The van der Waals surface area contributed by atoms with Gasteiger partial charge in [0, 0.05) is 10.6 Å². The summed E-state index contributed by atoms with van der Waals surface area (Å²) in [6.07, 6.45) is 0. The lowest BCUT2D eigenvalue weighted by Gasteiger charge is -2.22. The molecule has 1 aromatic heterocycles. The molecule has 0 spiro atoms. The molecule has 1 fully saturated rings. The summed E-state index contributed by atoms with van der Waals surface area (Å²) in [6, 6.07) is 10.3. The van der Waals surface area contributed by atoms with Gasteiger partial charge in [-0.05, 0) is 42.8 Å². The zero-order chi connectivity index (χ0) is 22.3. The van der Waals surface area contributed by atoms with Crippen LogP contribution in [0.5, 0.6) is 0 Å². The number of primary amides is 1. The fourth-order valence-electron chi connectivity index (χ4n) is 3.24. The monoisotopic (exact) mass is 459 g/mol. The minimum atomic E-state index is -1.38. The number of halogens is 2. The molecule has 158 valence electrons. The Morgan fingerprint density at radius 3 is 2.68 bits per heavy atom. The average Bonchev–Trinajstić information content (AvgIpc) is 3.27. The van der Waals surface area contributed by atoms with E-state index >= 15 is 0 Å². The minimum absolute atomic E-state index is 0.0413. The van der Waals surface area contributed by atoms with Crippen molar-refractivity contribution in [3.05, 3.63) is 69.5 Å². The Hall–Kier alpha value is -3.43. The van der Waals surface area contributed by atoms with Gasteiger partial charge in [-0.25, -0.2) is 4.79 Å². The normalized spacial score (nSPS) is 18.4. The number of nitrogens with zero attached hydrogens (tertiary/aromatic N) is 3. The van der Waals surface area contributed by atoms with Crippen molar-refractivity contribution in [2.45, 2.75) is 19.0 Å². The van der Waals surface area contributed by atoms with Crippen LogP contribution in [0.2, 0.25) is 10.0 Å². The first kappa shape index (κ1) is 20.8. The highest BCUT2D eigenvalue weighted by molar-refractivity contribution is 6.36. The first-order chi connectivity index (χ1) is 14.7. The van der Waals surface area contributed by atoms with Gasteiger partial charge in [0.05, 0.1) is 10.6 Å². The minimum Gasteiger partial charge on any atom is -0.419 e. The lowest BCUT2D eigenvalue weighted by atomic mass is 9.90. The highest BCUT2D eigenvalue weighted by atomic mass is 35.5. The third kappa shape index (κ3) is 3.73. The lowest BCUT2D eigenvalue weighted by molar-refractivity contribution is -0.131. The van der Waals surface area contributed by atoms with Crippen LogP contribution in [0.25, 0.3) is 11.5 Å². The molecule has 1 unspecified atom stereocenters. The van der Waals surface area contributed by atoms with Gasteiger partial charge in [-0.2, -0.15) is 0 Å². The Labute approximate surface area is 186 Å². The number of carbonyl (C=O) groups excluding carboxylic acids is 3. The third-order valence-corrected chi connectivity index (χ3v) is 5.47. The molecule has 3 aromatic rings. The van der Waals surface area contributed by atoms with Crippen molar-refractivity contribution >= 4 is 41.0 Å². The van der Waals surface area contributed by atoms with E-state index in [0.717, 1.165) is 4.90 Å². The molecule has 4 rings (SSSR count). The Balaban J connectivity index is 1.59. The number of rotatable bonds is 5. The first-order valence-corrected chi connectivity index (χ1v) is 9.77. The molecule has 1 saturated heterocycles. The maximum Gasteiger partial charge on any atom is 0.325 e. The van der Waals surface area contributed by atoms with Crippen molar-refractivity contribution in [3.8, 4) is 11.5 Å². The quantitative estimate of drug-likeness (QED) is 0.563. The molecule has 3 N–H and O–H groups in total. The number of benzene rings is 2. The summed E-state index contributed by atoms with van der Waals surface area (Å²) < 4.78 is 5.59. The van der Waals surface area contributed by atoms with Crippen LogP contribution in [0, 0.1) is 0 Å². The van der Waals surface area contributed by atoms with Crippen LogP contribution >= 0.6 is 23.2 Å². The molecule has 1 aliphatic heterocycles. The molecular formula is C20H15Cl2N5O4. The maximum absolute atomic E-state index is 13.1. The second-order valence-electron chi connectivity index (χ2n) is 7.02. The summed E-state index contributed by atoms with van der Waals surface area (Å²) in [5.74, 6) is -1.01. The van der Waals surface area contributed by atoms with Gasteiger partial charge in [0.25, 0.3) is 5.91 Å². The van der Waals surface area contributed by atoms with Crippen LogP contribution in [-0.4, -0.2) is 32.9 Å². The summed E-state index contributed by atoms with van der Waals surface area (Å²) >= 11 is 12.1. The Morgan fingerprint density at radius 1 is 1.19 bits per heavy atom. The van der Waals surface area contributed by atoms with Crippen LogP contribution in [0.15, 0.2) is 46.9 Å². The van der Waals surface area contributed by atoms with Crippen molar-refractivity contribution in [2.75, 3.05) is 0 Å². The predicted octanol–water partition coefficient (Wildman–Crippen LogP) is 3.11. The highest BCUT2D eigenvalue weighted by Crippen LogP contribution is 2.32. The van der Waals surface area contributed by atoms with E-state index < -0.39 is 23.4 Å². The fraction of sp³-hybridized carbons (Fsp3) is 0.150. The molecular weight excluding hydrogens is 445 g/mol. The topological polar surface area (TPSA) is 131 Å². The number of nitrogens with one attached hydrogen (secondary N) is 1. The molecule has 0 radical (unpaired) electrons. The van der Waals surface area contributed by atoms with E-state index in [-0.39, 0.29) is 23.9 Å². The number of hydrogen-bond acceptors (Lipinski definition) is 6. The van der Waals surface area contributed by atoms with Crippen molar-refractivity contribution in [3.63, 3.8) is 0 Å². The molecule has 4 amide bonds. The zero-order valence-corrected chi connectivity index (χ0v) is 17.6. The lowest BCUT2D eigenvalue weighted by Crippen LogP contribution is -2.41.